The first-order valence-electron chi connectivity index (χ1n) is 6.47. The third kappa shape index (κ3) is 3.61. The average Bonchev–Trinajstić information content (AvgIpc) is 2.92. The van der Waals surface area contributed by atoms with Gasteiger partial charge in [0.15, 0.2) is 11.5 Å². The summed E-state index contributed by atoms with van der Waals surface area (Å²) in [5.74, 6) is 1.29. The van der Waals surface area contributed by atoms with Gasteiger partial charge in [0.2, 0.25) is 0 Å². The van der Waals surface area contributed by atoms with E-state index in [0.29, 0.717) is 29.8 Å². The van der Waals surface area contributed by atoms with Crippen LogP contribution in [0.5, 0.6) is 11.5 Å². The Morgan fingerprint density at radius 3 is 2.95 bits per heavy atom. The molecule has 0 spiro atoms. The van der Waals surface area contributed by atoms with E-state index in [9.17, 15) is 0 Å². The molecule has 1 aliphatic rings. The zero-order chi connectivity index (χ0) is 13.7. The van der Waals surface area contributed by atoms with Crippen LogP contribution in [-0.2, 0) is 4.74 Å². The van der Waals surface area contributed by atoms with E-state index in [1.54, 1.807) is 25.3 Å². The Kier molecular flexibility index (Phi) is 4.63. The minimum Gasteiger partial charge on any atom is -0.493 e. The normalized spacial score (nSPS) is 18.3. The van der Waals surface area contributed by atoms with Gasteiger partial charge in [-0.2, -0.15) is 0 Å². The first-order chi connectivity index (χ1) is 9.20. The molecule has 5 heteroatoms. The van der Waals surface area contributed by atoms with Crippen LogP contribution in [0.25, 0.3) is 0 Å². The summed E-state index contributed by atoms with van der Waals surface area (Å²) in [5.41, 5.74) is 6.07. The maximum absolute atomic E-state index is 7.39. The quantitative estimate of drug-likeness (QED) is 0.608. The molecule has 5 nitrogen and oxygen atoms in total. The van der Waals surface area contributed by atoms with E-state index in [1.807, 2.05) is 0 Å². The largest absolute Gasteiger partial charge is 0.493 e. The van der Waals surface area contributed by atoms with Crippen LogP contribution in [0.15, 0.2) is 18.2 Å². The van der Waals surface area contributed by atoms with Crippen molar-refractivity contribution in [1.29, 1.82) is 5.41 Å². The molecule has 3 N–H and O–H groups in total. The zero-order valence-electron chi connectivity index (χ0n) is 11.1. The van der Waals surface area contributed by atoms with Crippen molar-refractivity contribution in [3.05, 3.63) is 23.8 Å². The van der Waals surface area contributed by atoms with Crippen LogP contribution < -0.4 is 15.2 Å². The van der Waals surface area contributed by atoms with Crippen LogP contribution in [0.4, 0.5) is 0 Å². The molecule has 1 atom stereocenters. The molecule has 0 aromatic heterocycles. The third-order valence-electron chi connectivity index (χ3n) is 3.20. The smallest absolute Gasteiger partial charge is 0.161 e. The van der Waals surface area contributed by atoms with Gasteiger partial charge in [0, 0.05) is 18.6 Å². The van der Waals surface area contributed by atoms with Gasteiger partial charge in [-0.05, 0) is 31.0 Å². The molecule has 1 aromatic carbocycles. The van der Waals surface area contributed by atoms with Crippen molar-refractivity contribution >= 4 is 5.84 Å². The predicted octanol–water partition coefficient (Wildman–Crippen LogP) is 1.93. The molecular weight excluding hydrogens is 244 g/mol. The number of ether oxygens (including phenoxy) is 3. The Labute approximate surface area is 113 Å². The predicted molar refractivity (Wildman–Crippen MR) is 73.1 cm³/mol. The Morgan fingerprint density at radius 1 is 1.47 bits per heavy atom. The van der Waals surface area contributed by atoms with Crippen molar-refractivity contribution in [2.45, 2.75) is 25.4 Å². The summed E-state index contributed by atoms with van der Waals surface area (Å²) >= 11 is 0. The lowest BCUT2D eigenvalue weighted by molar-refractivity contribution is 0.0899. The highest BCUT2D eigenvalue weighted by atomic mass is 16.5. The van der Waals surface area contributed by atoms with Crippen LogP contribution in [-0.4, -0.2) is 32.3 Å². The van der Waals surface area contributed by atoms with E-state index in [2.05, 4.69) is 0 Å². The van der Waals surface area contributed by atoms with Gasteiger partial charge in [-0.3, -0.25) is 5.41 Å². The highest BCUT2D eigenvalue weighted by molar-refractivity contribution is 5.95. The molecule has 19 heavy (non-hydrogen) atoms. The highest BCUT2D eigenvalue weighted by Crippen LogP contribution is 2.28. The Balaban J connectivity index is 1.93. The molecular formula is C14H20N2O3. The van der Waals surface area contributed by atoms with Crippen molar-refractivity contribution < 1.29 is 14.2 Å². The number of nitrogens with two attached hydrogens (primary N) is 1. The average molecular weight is 264 g/mol. The summed E-state index contributed by atoms with van der Waals surface area (Å²) in [6, 6.07) is 5.25. The molecule has 0 bridgehead atoms. The minimum absolute atomic E-state index is 0.0178. The van der Waals surface area contributed by atoms with Crippen molar-refractivity contribution in [3.63, 3.8) is 0 Å². The SMILES string of the molecule is COc1cc(C(=N)N)ccc1OCCC1CCCO1. The van der Waals surface area contributed by atoms with Crippen LogP contribution in [0, 0.1) is 5.41 Å². The van der Waals surface area contributed by atoms with Crippen molar-refractivity contribution in [2.75, 3.05) is 20.3 Å². The van der Waals surface area contributed by atoms with Gasteiger partial charge in [-0.1, -0.05) is 0 Å². The van der Waals surface area contributed by atoms with Gasteiger partial charge in [0.1, 0.15) is 5.84 Å². The fourth-order valence-electron chi connectivity index (χ4n) is 2.13. The fourth-order valence-corrected chi connectivity index (χ4v) is 2.13. The number of nitrogen functional groups attached to an aromatic ring is 1. The van der Waals surface area contributed by atoms with Crippen molar-refractivity contribution in [3.8, 4) is 11.5 Å². The summed E-state index contributed by atoms with van der Waals surface area (Å²) in [6.45, 7) is 1.46. The standard InChI is InChI=1S/C14H20N2O3/c1-17-13-9-10(14(15)16)4-5-12(13)19-8-6-11-3-2-7-18-11/h4-5,9,11H,2-3,6-8H2,1H3,(H3,15,16). The molecule has 1 aromatic rings. The number of amidine groups is 1. The number of hydrogen-bond donors (Lipinski definition) is 2. The van der Waals surface area contributed by atoms with Crippen molar-refractivity contribution in [2.24, 2.45) is 5.73 Å². The van der Waals surface area contributed by atoms with Crippen LogP contribution >= 0.6 is 0 Å². The molecule has 104 valence electrons. The Morgan fingerprint density at radius 2 is 2.32 bits per heavy atom. The molecule has 1 saturated heterocycles. The van der Waals surface area contributed by atoms with Gasteiger partial charge >= 0.3 is 0 Å². The van der Waals surface area contributed by atoms with E-state index in [-0.39, 0.29) is 5.84 Å². The van der Waals surface area contributed by atoms with Gasteiger partial charge in [-0.15, -0.1) is 0 Å². The Hall–Kier alpha value is -1.75. The highest BCUT2D eigenvalue weighted by Gasteiger charge is 2.15. The third-order valence-corrected chi connectivity index (χ3v) is 3.20. The van der Waals surface area contributed by atoms with Crippen LogP contribution in [0.3, 0.4) is 0 Å². The molecule has 1 fully saturated rings. The summed E-state index contributed by atoms with van der Waals surface area (Å²) in [4.78, 5) is 0. The summed E-state index contributed by atoms with van der Waals surface area (Å²) in [5, 5.41) is 7.39. The maximum atomic E-state index is 7.39. The number of methoxy groups -OCH3 is 1. The van der Waals surface area contributed by atoms with Gasteiger partial charge < -0.3 is 19.9 Å². The lowest BCUT2D eigenvalue weighted by Gasteiger charge is -2.13. The second-order valence-electron chi connectivity index (χ2n) is 4.55. The fraction of sp³-hybridized carbons (Fsp3) is 0.500. The molecule has 0 aliphatic carbocycles. The van der Waals surface area contributed by atoms with Gasteiger partial charge in [-0.25, -0.2) is 0 Å². The second-order valence-corrected chi connectivity index (χ2v) is 4.55. The van der Waals surface area contributed by atoms with E-state index in [4.69, 9.17) is 25.4 Å². The molecule has 1 aliphatic heterocycles. The Bertz CT molecular complexity index is 442. The monoisotopic (exact) mass is 264 g/mol. The summed E-state index contributed by atoms with van der Waals surface area (Å²) in [7, 11) is 1.58. The van der Waals surface area contributed by atoms with Crippen LogP contribution in [0.1, 0.15) is 24.8 Å². The number of benzene rings is 1. The topological polar surface area (TPSA) is 77.6 Å². The summed E-state index contributed by atoms with van der Waals surface area (Å²) in [6.07, 6.45) is 3.46. The van der Waals surface area contributed by atoms with Gasteiger partial charge in [0.25, 0.3) is 0 Å². The minimum atomic E-state index is 0.0178. The number of rotatable bonds is 6. The molecule has 0 saturated carbocycles. The van der Waals surface area contributed by atoms with Crippen molar-refractivity contribution in [1.82, 2.24) is 0 Å². The van der Waals surface area contributed by atoms with Crippen LogP contribution in [0.2, 0.25) is 0 Å². The molecule has 0 radical (unpaired) electrons. The first-order valence-corrected chi connectivity index (χ1v) is 6.47. The van der Waals surface area contributed by atoms with E-state index >= 15 is 0 Å². The molecule has 2 rings (SSSR count). The number of hydrogen-bond acceptors (Lipinski definition) is 4. The number of nitrogens with one attached hydrogen (secondary N) is 1. The molecule has 1 heterocycles. The lowest BCUT2D eigenvalue weighted by atomic mass is 10.2. The van der Waals surface area contributed by atoms with E-state index in [1.165, 1.54) is 0 Å². The van der Waals surface area contributed by atoms with E-state index < -0.39 is 0 Å². The second kappa shape index (κ2) is 6.43. The van der Waals surface area contributed by atoms with E-state index in [0.717, 1.165) is 25.9 Å². The summed E-state index contributed by atoms with van der Waals surface area (Å²) < 4.78 is 16.5. The first kappa shape index (κ1) is 13.7. The molecule has 1 unspecified atom stereocenters. The van der Waals surface area contributed by atoms with Gasteiger partial charge in [0.05, 0.1) is 19.8 Å². The maximum Gasteiger partial charge on any atom is 0.161 e. The molecule has 0 amide bonds. The zero-order valence-corrected chi connectivity index (χ0v) is 11.1. The lowest BCUT2D eigenvalue weighted by Crippen LogP contribution is -2.12.